The van der Waals surface area contributed by atoms with E-state index >= 15 is 0 Å². The second-order valence-corrected chi connectivity index (χ2v) is 6.24. The number of anilines is 3. The monoisotopic (exact) mass is 390 g/mol. The lowest BCUT2D eigenvalue weighted by Crippen LogP contribution is -2.13. The average Bonchev–Trinajstić information content (AvgIpc) is 3.12. The molecule has 1 aromatic carbocycles. The molecule has 1 amide bonds. The highest BCUT2D eigenvalue weighted by molar-refractivity contribution is 7.14. The van der Waals surface area contributed by atoms with Crippen LogP contribution < -0.4 is 20.1 Å². The van der Waals surface area contributed by atoms with Crippen molar-refractivity contribution in [2.45, 2.75) is 0 Å². The molecule has 3 rings (SSSR count). The van der Waals surface area contributed by atoms with E-state index in [4.69, 9.17) is 21.1 Å². The SMILES string of the molecule is COc1ccc(Nc2nc(C(=O)Nc3cccnc3Cl)cs2)c(OC)c1. The van der Waals surface area contributed by atoms with Crippen molar-refractivity contribution in [3.05, 3.63) is 52.8 Å². The highest BCUT2D eigenvalue weighted by Gasteiger charge is 2.14. The molecule has 0 fully saturated rings. The van der Waals surface area contributed by atoms with Crippen LogP contribution in [0.3, 0.4) is 0 Å². The van der Waals surface area contributed by atoms with Crippen molar-refractivity contribution in [2.24, 2.45) is 0 Å². The van der Waals surface area contributed by atoms with Crippen LogP contribution in [0.25, 0.3) is 0 Å². The van der Waals surface area contributed by atoms with Gasteiger partial charge in [0, 0.05) is 17.6 Å². The van der Waals surface area contributed by atoms with Crippen LogP contribution in [0, 0.1) is 0 Å². The van der Waals surface area contributed by atoms with Crippen LogP contribution in [-0.4, -0.2) is 30.1 Å². The Bertz CT molecular complexity index is 932. The van der Waals surface area contributed by atoms with Gasteiger partial charge in [-0.1, -0.05) is 11.6 Å². The number of nitrogens with one attached hydrogen (secondary N) is 2. The smallest absolute Gasteiger partial charge is 0.275 e. The van der Waals surface area contributed by atoms with E-state index in [1.54, 1.807) is 50.1 Å². The Kier molecular flexibility index (Phi) is 5.55. The molecule has 26 heavy (non-hydrogen) atoms. The van der Waals surface area contributed by atoms with E-state index in [1.807, 2.05) is 6.07 Å². The van der Waals surface area contributed by atoms with Gasteiger partial charge in [-0.25, -0.2) is 9.97 Å². The summed E-state index contributed by atoms with van der Waals surface area (Å²) in [5.41, 5.74) is 1.41. The Morgan fingerprint density at radius 2 is 2.04 bits per heavy atom. The number of carbonyl (C=O) groups excluding carboxylic acids is 1. The van der Waals surface area contributed by atoms with Gasteiger partial charge in [-0.3, -0.25) is 4.79 Å². The third-order valence-corrected chi connectivity index (χ3v) is 4.45. The van der Waals surface area contributed by atoms with Crippen molar-refractivity contribution >= 4 is 45.4 Å². The summed E-state index contributed by atoms with van der Waals surface area (Å²) < 4.78 is 10.5. The minimum Gasteiger partial charge on any atom is -0.497 e. The zero-order valence-corrected chi connectivity index (χ0v) is 15.5. The average molecular weight is 391 g/mol. The third-order valence-electron chi connectivity index (χ3n) is 3.39. The number of thiazole rings is 1. The number of hydrogen-bond acceptors (Lipinski definition) is 7. The quantitative estimate of drug-likeness (QED) is 0.613. The lowest BCUT2D eigenvalue weighted by Gasteiger charge is -2.10. The van der Waals surface area contributed by atoms with Crippen molar-refractivity contribution in [1.82, 2.24) is 9.97 Å². The maximum atomic E-state index is 12.3. The van der Waals surface area contributed by atoms with Gasteiger partial charge in [0.25, 0.3) is 5.91 Å². The number of amides is 1. The van der Waals surface area contributed by atoms with Crippen LogP contribution in [0.1, 0.15) is 10.5 Å². The highest BCUT2D eigenvalue weighted by atomic mass is 35.5. The number of ether oxygens (including phenoxy) is 2. The Labute approximate surface area is 159 Å². The molecule has 2 N–H and O–H groups in total. The minimum absolute atomic E-state index is 0.220. The first-order chi connectivity index (χ1) is 12.6. The van der Waals surface area contributed by atoms with Gasteiger partial charge in [-0.15, -0.1) is 11.3 Å². The van der Waals surface area contributed by atoms with Crippen molar-refractivity contribution in [3.63, 3.8) is 0 Å². The fourth-order valence-electron chi connectivity index (χ4n) is 2.12. The summed E-state index contributed by atoms with van der Waals surface area (Å²) in [6, 6.07) is 8.73. The summed E-state index contributed by atoms with van der Waals surface area (Å²) in [5, 5.41) is 8.24. The first-order valence-electron chi connectivity index (χ1n) is 7.47. The van der Waals surface area contributed by atoms with Gasteiger partial charge in [0.1, 0.15) is 17.2 Å². The first kappa shape index (κ1) is 18.0. The highest BCUT2D eigenvalue weighted by Crippen LogP contribution is 2.32. The van der Waals surface area contributed by atoms with E-state index < -0.39 is 0 Å². The number of pyridine rings is 1. The van der Waals surface area contributed by atoms with Crippen LogP contribution in [0.2, 0.25) is 5.15 Å². The van der Waals surface area contributed by atoms with Crippen LogP contribution in [0.4, 0.5) is 16.5 Å². The topological polar surface area (TPSA) is 85.4 Å². The lowest BCUT2D eigenvalue weighted by molar-refractivity contribution is 0.102. The van der Waals surface area contributed by atoms with Gasteiger partial charge in [0.15, 0.2) is 10.3 Å². The standard InChI is InChI=1S/C17H15ClN4O3S/c1-24-10-5-6-11(14(8-10)25-2)21-17-22-13(9-26-17)16(23)20-12-4-3-7-19-15(12)18/h3-9H,1-2H3,(H,20,23)(H,21,22). The zero-order chi connectivity index (χ0) is 18.5. The molecule has 0 bridgehead atoms. The Balaban J connectivity index is 1.74. The normalized spacial score (nSPS) is 10.3. The summed E-state index contributed by atoms with van der Waals surface area (Å²) >= 11 is 7.24. The van der Waals surface area contributed by atoms with Crippen LogP contribution in [-0.2, 0) is 0 Å². The van der Waals surface area contributed by atoms with Gasteiger partial charge in [-0.05, 0) is 24.3 Å². The largest absolute Gasteiger partial charge is 0.497 e. The summed E-state index contributed by atoms with van der Waals surface area (Å²) in [4.78, 5) is 20.5. The maximum Gasteiger partial charge on any atom is 0.275 e. The predicted octanol–water partition coefficient (Wildman–Crippen LogP) is 4.20. The molecule has 134 valence electrons. The number of nitrogens with zero attached hydrogens (tertiary/aromatic N) is 2. The van der Waals surface area contributed by atoms with Crippen LogP contribution in [0.15, 0.2) is 41.9 Å². The second kappa shape index (κ2) is 8.03. The van der Waals surface area contributed by atoms with Crippen molar-refractivity contribution in [3.8, 4) is 11.5 Å². The number of carbonyl (C=O) groups is 1. The number of hydrogen-bond donors (Lipinski definition) is 2. The molecule has 0 atom stereocenters. The summed E-state index contributed by atoms with van der Waals surface area (Å²) in [6.07, 6.45) is 1.55. The number of benzene rings is 1. The molecular weight excluding hydrogens is 376 g/mol. The van der Waals surface area contributed by atoms with Gasteiger partial charge in [-0.2, -0.15) is 0 Å². The van der Waals surface area contributed by atoms with Crippen LogP contribution in [0.5, 0.6) is 11.5 Å². The molecule has 7 nitrogen and oxygen atoms in total. The van der Waals surface area contributed by atoms with Gasteiger partial charge in [0.2, 0.25) is 0 Å². The number of methoxy groups -OCH3 is 2. The van der Waals surface area contributed by atoms with E-state index in [0.29, 0.717) is 28.0 Å². The Hall–Kier alpha value is -2.84. The van der Waals surface area contributed by atoms with Crippen molar-refractivity contribution in [2.75, 3.05) is 24.9 Å². The molecule has 3 aromatic rings. The molecule has 0 saturated carbocycles. The van der Waals surface area contributed by atoms with Crippen molar-refractivity contribution in [1.29, 1.82) is 0 Å². The molecule has 0 spiro atoms. The predicted molar refractivity (Wildman–Crippen MR) is 102 cm³/mol. The Morgan fingerprint density at radius 3 is 2.77 bits per heavy atom. The summed E-state index contributed by atoms with van der Waals surface area (Å²) in [7, 11) is 3.15. The fourth-order valence-corrected chi connectivity index (χ4v) is 2.99. The summed E-state index contributed by atoms with van der Waals surface area (Å²) in [6.45, 7) is 0. The Morgan fingerprint density at radius 1 is 1.19 bits per heavy atom. The minimum atomic E-state index is -0.370. The lowest BCUT2D eigenvalue weighted by atomic mass is 10.3. The molecule has 9 heteroatoms. The van der Waals surface area contributed by atoms with E-state index in [-0.39, 0.29) is 16.8 Å². The fraction of sp³-hybridized carbons (Fsp3) is 0.118. The zero-order valence-electron chi connectivity index (χ0n) is 13.9. The molecular formula is C17H15ClN4O3S. The molecule has 0 aliphatic carbocycles. The molecule has 0 aliphatic heterocycles. The van der Waals surface area contributed by atoms with Gasteiger partial charge < -0.3 is 20.1 Å². The molecule has 0 saturated heterocycles. The van der Waals surface area contributed by atoms with Crippen LogP contribution >= 0.6 is 22.9 Å². The molecule has 0 aliphatic rings. The second-order valence-electron chi connectivity index (χ2n) is 5.03. The molecule has 2 heterocycles. The van der Waals surface area contributed by atoms with Gasteiger partial charge in [0.05, 0.1) is 25.6 Å². The number of rotatable bonds is 6. The van der Waals surface area contributed by atoms with E-state index in [1.165, 1.54) is 11.3 Å². The first-order valence-corrected chi connectivity index (χ1v) is 8.73. The third kappa shape index (κ3) is 4.04. The van der Waals surface area contributed by atoms with Gasteiger partial charge >= 0.3 is 0 Å². The van der Waals surface area contributed by atoms with Crippen molar-refractivity contribution < 1.29 is 14.3 Å². The maximum absolute atomic E-state index is 12.3. The van der Waals surface area contributed by atoms with E-state index in [2.05, 4.69) is 20.6 Å². The molecule has 0 radical (unpaired) electrons. The number of aromatic nitrogens is 2. The molecule has 2 aromatic heterocycles. The summed E-state index contributed by atoms with van der Waals surface area (Å²) in [5.74, 6) is 0.915. The van der Waals surface area contributed by atoms with E-state index in [0.717, 1.165) is 0 Å². The van der Waals surface area contributed by atoms with E-state index in [9.17, 15) is 4.79 Å². The number of halogens is 1. The molecule has 0 unspecified atom stereocenters.